The molecule has 0 bridgehead atoms. The second-order valence-electron chi connectivity index (χ2n) is 7.83. The lowest BCUT2D eigenvalue weighted by Crippen LogP contribution is -2.47. The number of amides is 1. The predicted molar refractivity (Wildman–Crippen MR) is 96.5 cm³/mol. The Morgan fingerprint density at radius 1 is 1.38 bits per heavy atom. The van der Waals surface area contributed by atoms with E-state index in [1.807, 2.05) is 23.9 Å². The highest BCUT2D eigenvalue weighted by Crippen LogP contribution is 2.47. The highest BCUT2D eigenvalue weighted by molar-refractivity contribution is 7.08. The third kappa shape index (κ3) is 2.91. The van der Waals surface area contributed by atoms with Gasteiger partial charge in [-0.25, -0.2) is 0 Å². The van der Waals surface area contributed by atoms with E-state index < -0.39 is 0 Å². The van der Waals surface area contributed by atoms with Crippen molar-refractivity contribution in [2.75, 3.05) is 39.9 Å². The van der Waals surface area contributed by atoms with Crippen molar-refractivity contribution in [1.29, 1.82) is 0 Å². The average molecular weight is 349 g/mol. The number of thiophene rings is 1. The Balaban J connectivity index is 1.42. The van der Waals surface area contributed by atoms with Gasteiger partial charge in [-0.15, -0.1) is 0 Å². The Hall–Kier alpha value is -0.910. The number of ether oxygens (including phenoxy) is 1. The first-order chi connectivity index (χ1) is 11.7. The van der Waals surface area contributed by atoms with Crippen LogP contribution in [0.2, 0.25) is 0 Å². The van der Waals surface area contributed by atoms with Crippen molar-refractivity contribution >= 4 is 17.2 Å². The Morgan fingerprint density at radius 3 is 2.75 bits per heavy atom. The first kappa shape index (κ1) is 16.6. The number of hydrogen-bond acceptors (Lipinski definition) is 4. The molecule has 1 aromatic heterocycles. The molecule has 0 N–H and O–H groups in total. The van der Waals surface area contributed by atoms with Gasteiger partial charge in [0.1, 0.15) is 0 Å². The van der Waals surface area contributed by atoms with Crippen molar-refractivity contribution < 1.29 is 9.53 Å². The van der Waals surface area contributed by atoms with Crippen LogP contribution in [-0.4, -0.2) is 61.6 Å². The van der Waals surface area contributed by atoms with E-state index in [4.69, 9.17) is 4.74 Å². The van der Waals surface area contributed by atoms with Crippen molar-refractivity contribution in [2.45, 2.75) is 38.1 Å². The maximum Gasteiger partial charge on any atom is 0.254 e. The summed E-state index contributed by atoms with van der Waals surface area (Å²) in [6.07, 6.45) is 6.39. The summed E-state index contributed by atoms with van der Waals surface area (Å²) in [7, 11) is 1.83. The molecule has 132 valence electrons. The Morgan fingerprint density at radius 2 is 2.17 bits per heavy atom. The second-order valence-corrected chi connectivity index (χ2v) is 8.61. The molecule has 1 saturated carbocycles. The molecule has 4 rings (SSSR count). The highest BCUT2D eigenvalue weighted by Gasteiger charge is 2.50. The van der Waals surface area contributed by atoms with Crippen molar-refractivity contribution in [1.82, 2.24) is 9.80 Å². The quantitative estimate of drug-likeness (QED) is 0.838. The maximum absolute atomic E-state index is 12.6. The molecule has 1 amide bonds. The molecule has 2 saturated heterocycles. The molecular weight excluding hydrogens is 320 g/mol. The van der Waals surface area contributed by atoms with Gasteiger partial charge in [-0.3, -0.25) is 9.69 Å². The summed E-state index contributed by atoms with van der Waals surface area (Å²) in [4.78, 5) is 17.4. The molecule has 0 aromatic carbocycles. The van der Waals surface area contributed by atoms with E-state index in [1.165, 1.54) is 32.4 Å². The molecule has 5 heteroatoms. The lowest BCUT2D eigenvalue weighted by atomic mass is 9.71. The summed E-state index contributed by atoms with van der Waals surface area (Å²) in [6.45, 7) is 5.06. The molecule has 1 aliphatic carbocycles. The predicted octanol–water partition coefficient (Wildman–Crippen LogP) is 3.10. The number of rotatable bonds is 4. The summed E-state index contributed by atoms with van der Waals surface area (Å²) < 4.78 is 5.56. The van der Waals surface area contributed by atoms with Crippen LogP contribution in [0.5, 0.6) is 0 Å². The van der Waals surface area contributed by atoms with Crippen LogP contribution in [0.1, 0.15) is 42.5 Å². The summed E-state index contributed by atoms with van der Waals surface area (Å²) in [5.74, 6) is 0.838. The van der Waals surface area contributed by atoms with Crippen LogP contribution < -0.4 is 0 Å². The topological polar surface area (TPSA) is 32.8 Å². The van der Waals surface area contributed by atoms with Crippen LogP contribution in [-0.2, 0) is 4.74 Å². The smallest absolute Gasteiger partial charge is 0.254 e. The van der Waals surface area contributed by atoms with Crippen LogP contribution in [0, 0.1) is 11.3 Å². The number of carbonyl (C=O) groups excluding carboxylic acids is 1. The zero-order valence-corrected chi connectivity index (χ0v) is 15.4. The third-order valence-electron chi connectivity index (χ3n) is 6.61. The minimum atomic E-state index is 0.211. The number of piperidine rings is 1. The molecule has 2 aliphatic heterocycles. The minimum Gasteiger partial charge on any atom is -0.384 e. The molecule has 4 nitrogen and oxygen atoms in total. The first-order valence-electron chi connectivity index (χ1n) is 9.26. The van der Waals surface area contributed by atoms with E-state index >= 15 is 0 Å². The van der Waals surface area contributed by atoms with Crippen LogP contribution in [0.25, 0.3) is 0 Å². The van der Waals surface area contributed by atoms with E-state index in [1.54, 1.807) is 11.3 Å². The molecular formula is C19H28N2O2S. The van der Waals surface area contributed by atoms with Gasteiger partial charge in [-0.05, 0) is 42.5 Å². The van der Waals surface area contributed by atoms with Gasteiger partial charge in [0.05, 0.1) is 12.2 Å². The zero-order valence-electron chi connectivity index (χ0n) is 14.6. The largest absolute Gasteiger partial charge is 0.384 e. The number of nitrogens with zero attached hydrogens (tertiary/aromatic N) is 2. The highest BCUT2D eigenvalue weighted by atomic mass is 32.1. The van der Waals surface area contributed by atoms with Gasteiger partial charge in [0.25, 0.3) is 5.91 Å². The lowest BCUT2D eigenvalue weighted by Gasteiger charge is -2.43. The van der Waals surface area contributed by atoms with Crippen LogP contribution in [0.15, 0.2) is 16.8 Å². The number of hydrogen-bond donors (Lipinski definition) is 0. The minimum absolute atomic E-state index is 0.211. The lowest BCUT2D eigenvalue weighted by molar-refractivity contribution is 0.0312. The monoisotopic (exact) mass is 348 g/mol. The van der Waals surface area contributed by atoms with Crippen molar-refractivity contribution in [3.8, 4) is 0 Å². The van der Waals surface area contributed by atoms with E-state index in [0.29, 0.717) is 11.3 Å². The van der Waals surface area contributed by atoms with E-state index in [9.17, 15) is 4.79 Å². The molecule has 3 aliphatic rings. The van der Waals surface area contributed by atoms with E-state index in [-0.39, 0.29) is 5.91 Å². The SMILES string of the molecule is COCC1CN(C2CCC2)CC12CCN(C(=O)c1ccsc1)CC2. The molecule has 24 heavy (non-hydrogen) atoms. The number of carbonyl (C=O) groups is 1. The van der Waals surface area contributed by atoms with Gasteiger partial charge in [-0.1, -0.05) is 6.42 Å². The second kappa shape index (κ2) is 6.77. The Bertz CT molecular complexity index is 562. The normalized spacial score (nSPS) is 27.5. The number of likely N-dealkylation sites (tertiary alicyclic amines) is 2. The van der Waals surface area contributed by atoms with Gasteiger partial charge in [0.15, 0.2) is 0 Å². The summed E-state index contributed by atoms with van der Waals surface area (Å²) >= 11 is 1.60. The molecule has 1 spiro atoms. The first-order valence-corrected chi connectivity index (χ1v) is 10.2. The Labute approximate surface area is 148 Å². The summed E-state index contributed by atoms with van der Waals surface area (Å²) in [5.41, 5.74) is 1.21. The van der Waals surface area contributed by atoms with Gasteiger partial charge >= 0.3 is 0 Å². The maximum atomic E-state index is 12.6. The van der Waals surface area contributed by atoms with Gasteiger partial charge in [0.2, 0.25) is 0 Å². The standard InChI is InChI=1S/C19H28N2O2S/c1-23-12-16-11-21(17-3-2-4-17)14-19(16)6-8-20(9-7-19)18(22)15-5-10-24-13-15/h5,10,13,16-17H,2-4,6-9,11-12,14H2,1H3. The Kier molecular flexibility index (Phi) is 4.67. The van der Waals surface area contributed by atoms with Crippen LogP contribution in [0.3, 0.4) is 0 Å². The molecule has 3 fully saturated rings. The van der Waals surface area contributed by atoms with Gasteiger partial charge in [-0.2, -0.15) is 11.3 Å². The van der Waals surface area contributed by atoms with Gasteiger partial charge < -0.3 is 9.64 Å². The number of methoxy groups -OCH3 is 1. The fraction of sp³-hybridized carbons (Fsp3) is 0.737. The van der Waals surface area contributed by atoms with Crippen LogP contribution >= 0.6 is 11.3 Å². The average Bonchev–Trinajstić information content (AvgIpc) is 3.16. The van der Waals surface area contributed by atoms with Gasteiger partial charge in [0, 0.05) is 50.6 Å². The van der Waals surface area contributed by atoms with E-state index in [2.05, 4.69) is 9.80 Å². The third-order valence-corrected chi connectivity index (χ3v) is 7.30. The summed E-state index contributed by atoms with van der Waals surface area (Å²) in [6, 6.07) is 2.76. The fourth-order valence-corrected chi connectivity index (χ4v) is 5.46. The molecule has 0 radical (unpaired) electrons. The molecule has 1 aromatic rings. The van der Waals surface area contributed by atoms with E-state index in [0.717, 1.165) is 44.1 Å². The molecule has 1 unspecified atom stereocenters. The fourth-order valence-electron chi connectivity index (χ4n) is 4.83. The zero-order chi connectivity index (χ0) is 16.6. The van der Waals surface area contributed by atoms with Crippen LogP contribution in [0.4, 0.5) is 0 Å². The summed E-state index contributed by atoms with van der Waals surface area (Å²) in [5, 5.41) is 3.95. The van der Waals surface area contributed by atoms with Crippen molar-refractivity contribution in [3.63, 3.8) is 0 Å². The molecule has 3 heterocycles. The van der Waals surface area contributed by atoms with Crippen molar-refractivity contribution in [3.05, 3.63) is 22.4 Å². The van der Waals surface area contributed by atoms with Crippen molar-refractivity contribution in [2.24, 2.45) is 11.3 Å². The molecule has 1 atom stereocenters.